The molecule has 0 aliphatic carbocycles. The van der Waals surface area contributed by atoms with E-state index in [0.717, 1.165) is 4.47 Å². The lowest BCUT2D eigenvalue weighted by Crippen LogP contribution is -2.38. The van der Waals surface area contributed by atoms with E-state index in [1.165, 1.54) is 17.7 Å². The molecule has 2 rings (SSSR count). The Hall–Kier alpha value is -2.30. The summed E-state index contributed by atoms with van der Waals surface area (Å²) in [6.07, 6.45) is 0. The van der Waals surface area contributed by atoms with Crippen LogP contribution in [0.15, 0.2) is 44.4 Å². The third-order valence-corrected chi connectivity index (χ3v) is 3.81. The second-order valence-electron chi connectivity index (χ2n) is 4.89. The Balaban J connectivity index is 2.16. The first-order valence-electron chi connectivity index (χ1n) is 7.11. The van der Waals surface area contributed by atoms with E-state index >= 15 is 0 Å². The van der Waals surface area contributed by atoms with Crippen molar-refractivity contribution in [3.8, 4) is 0 Å². The number of amides is 1. The molecule has 0 bridgehead atoms. The van der Waals surface area contributed by atoms with Crippen molar-refractivity contribution in [2.45, 2.75) is 6.54 Å². The Morgan fingerprint density at radius 2 is 2.12 bits per heavy atom. The summed E-state index contributed by atoms with van der Waals surface area (Å²) in [6, 6.07) is 7.95. The maximum atomic E-state index is 12.2. The number of aromatic amines is 1. The summed E-state index contributed by atoms with van der Waals surface area (Å²) in [6.45, 7) is 0.467. The number of hydrogen-bond donors (Lipinski definition) is 3. The molecule has 0 fully saturated rings. The van der Waals surface area contributed by atoms with E-state index in [4.69, 9.17) is 17.0 Å². The monoisotopic (exact) mass is 426 g/mol. The predicted molar refractivity (Wildman–Crippen MR) is 101 cm³/mol. The van der Waals surface area contributed by atoms with Gasteiger partial charge >= 0.3 is 5.69 Å². The van der Waals surface area contributed by atoms with Crippen LogP contribution in [0.2, 0.25) is 0 Å². The van der Waals surface area contributed by atoms with Gasteiger partial charge in [0.05, 0.1) is 13.2 Å². The predicted octanol–water partition coefficient (Wildman–Crippen LogP) is 1.07. The van der Waals surface area contributed by atoms with Crippen molar-refractivity contribution in [1.29, 1.82) is 0 Å². The summed E-state index contributed by atoms with van der Waals surface area (Å²) < 4.78 is 6.94. The van der Waals surface area contributed by atoms with E-state index in [2.05, 4.69) is 31.5 Å². The summed E-state index contributed by atoms with van der Waals surface area (Å²) >= 11 is 8.37. The van der Waals surface area contributed by atoms with Crippen LogP contribution < -0.4 is 21.9 Å². The molecule has 0 saturated heterocycles. The molecule has 0 saturated carbocycles. The number of ether oxygens (including phenoxy) is 1. The van der Waals surface area contributed by atoms with Crippen molar-refractivity contribution in [2.75, 3.05) is 19.0 Å². The van der Waals surface area contributed by atoms with Gasteiger partial charge < -0.3 is 10.1 Å². The van der Waals surface area contributed by atoms with Gasteiger partial charge in [0, 0.05) is 23.2 Å². The Bertz CT molecular complexity index is 909. The number of anilines is 1. The van der Waals surface area contributed by atoms with Crippen LogP contribution in [-0.2, 0) is 11.3 Å². The Morgan fingerprint density at radius 1 is 1.36 bits per heavy atom. The summed E-state index contributed by atoms with van der Waals surface area (Å²) in [4.78, 5) is 37.8. The van der Waals surface area contributed by atoms with Crippen molar-refractivity contribution < 1.29 is 9.53 Å². The van der Waals surface area contributed by atoms with Gasteiger partial charge in [0.2, 0.25) is 0 Å². The number of rotatable bonds is 5. The molecule has 8 nitrogen and oxygen atoms in total. The SMILES string of the molecule is COCCn1c(NC(=S)NC(=O)c2cccc(Br)c2)cc(=O)[nH]c1=O. The molecular formula is C15H15BrN4O4S. The molecule has 2 aromatic rings. The van der Waals surface area contributed by atoms with Gasteiger partial charge in [0.15, 0.2) is 5.11 Å². The fourth-order valence-corrected chi connectivity index (χ4v) is 2.58. The largest absolute Gasteiger partial charge is 0.383 e. The molecule has 3 N–H and O–H groups in total. The molecule has 25 heavy (non-hydrogen) atoms. The van der Waals surface area contributed by atoms with Crippen LogP contribution in [0.5, 0.6) is 0 Å². The van der Waals surface area contributed by atoms with E-state index in [1.807, 2.05) is 0 Å². The number of nitrogens with one attached hydrogen (secondary N) is 3. The number of carbonyl (C=O) groups excluding carboxylic acids is 1. The van der Waals surface area contributed by atoms with E-state index in [0.29, 0.717) is 5.56 Å². The quantitative estimate of drug-likeness (QED) is 0.617. The molecule has 1 amide bonds. The minimum atomic E-state index is -0.604. The van der Waals surface area contributed by atoms with Crippen LogP contribution >= 0.6 is 28.1 Å². The third-order valence-electron chi connectivity index (χ3n) is 3.11. The topological polar surface area (TPSA) is 105 Å². The van der Waals surface area contributed by atoms with Gasteiger partial charge in [-0.2, -0.15) is 0 Å². The zero-order valence-corrected chi connectivity index (χ0v) is 15.6. The summed E-state index contributed by atoms with van der Waals surface area (Å²) in [7, 11) is 1.49. The van der Waals surface area contributed by atoms with Crippen molar-refractivity contribution in [2.24, 2.45) is 0 Å². The summed E-state index contributed by atoms with van der Waals surface area (Å²) in [5, 5.41) is 5.15. The molecule has 0 unspecified atom stereocenters. The fourth-order valence-electron chi connectivity index (χ4n) is 1.98. The average molecular weight is 427 g/mol. The molecule has 132 valence electrons. The van der Waals surface area contributed by atoms with Crippen LogP contribution in [0, 0.1) is 0 Å². The average Bonchev–Trinajstić information content (AvgIpc) is 2.53. The number of hydrogen-bond acceptors (Lipinski definition) is 5. The lowest BCUT2D eigenvalue weighted by Gasteiger charge is -2.14. The zero-order valence-electron chi connectivity index (χ0n) is 13.2. The Morgan fingerprint density at radius 3 is 2.80 bits per heavy atom. The maximum Gasteiger partial charge on any atom is 0.329 e. The molecular weight excluding hydrogens is 412 g/mol. The molecule has 0 atom stereocenters. The first-order valence-corrected chi connectivity index (χ1v) is 8.32. The van der Waals surface area contributed by atoms with Crippen molar-refractivity contribution in [1.82, 2.24) is 14.9 Å². The van der Waals surface area contributed by atoms with E-state index < -0.39 is 17.2 Å². The molecule has 0 radical (unpaired) electrons. The highest BCUT2D eigenvalue weighted by Gasteiger charge is 2.11. The Labute approximate surface area is 156 Å². The second-order valence-corrected chi connectivity index (χ2v) is 6.21. The van der Waals surface area contributed by atoms with E-state index in [-0.39, 0.29) is 24.1 Å². The lowest BCUT2D eigenvalue weighted by molar-refractivity contribution is 0.0977. The molecule has 1 aromatic carbocycles. The van der Waals surface area contributed by atoms with Gasteiger partial charge in [-0.1, -0.05) is 22.0 Å². The molecule has 10 heteroatoms. The highest BCUT2D eigenvalue weighted by molar-refractivity contribution is 9.10. The number of carbonyl (C=O) groups is 1. The van der Waals surface area contributed by atoms with Crippen molar-refractivity contribution in [3.63, 3.8) is 0 Å². The molecule has 0 spiro atoms. The summed E-state index contributed by atoms with van der Waals surface area (Å²) in [5.41, 5.74) is -0.781. The normalized spacial score (nSPS) is 10.3. The van der Waals surface area contributed by atoms with E-state index in [1.54, 1.807) is 24.3 Å². The van der Waals surface area contributed by atoms with Gasteiger partial charge in [-0.25, -0.2) is 4.79 Å². The summed E-state index contributed by atoms with van der Waals surface area (Å²) in [5.74, 6) is -0.264. The minimum absolute atomic E-state index is 0.0406. The number of methoxy groups -OCH3 is 1. The number of nitrogens with zero attached hydrogens (tertiary/aromatic N) is 1. The maximum absolute atomic E-state index is 12.2. The van der Waals surface area contributed by atoms with Crippen molar-refractivity contribution in [3.05, 3.63) is 61.2 Å². The first-order chi connectivity index (χ1) is 11.9. The van der Waals surface area contributed by atoms with Gasteiger partial charge in [0.25, 0.3) is 11.5 Å². The number of thiocarbonyl (C=S) groups is 1. The number of aromatic nitrogens is 2. The first kappa shape index (κ1) is 19.0. The molecule has 0 aliphatic heterocycles. The van der Waals surface area contributed by atoms with Crippen LogP contribution in [-0.4, -0.2) is 34.3 Å². The van der Waals surface area contributed by atoms with Crippen molar-refractivity contribution >= 4 is 45.0 Å². The third kappa shape index (κ3) is 5.34. The smallest absolute Gasteiger partial charge is 0.329 e. The van der Waals surface area contributed by atoms with Crippen LogP contribution in [0.25, 0.3) is 0 Å². The highest BCUT2D eigenvalue weighted by Crippen LogP contribution is 2.11. The Kier molecular flexibility index (Phi) is 6.62. The fraction of sp³-hybridized carbons (Fsp3) is 0.200. The van der Waals surface area contributed by atoms with E-state index in [9.17, 15) is 14.4 Å². The minimum Gasteiger partial charge on any atom is -0.383 e. The van der Waals surface area contributed by atoms with Gasteiger partial charge in [0.1, 0.15) is 5.82 Å². The highest BCUT2D eigenvalue weighted by atomic mass is 79.9. The number of H-pyrrole nitrogens is 1. The standard InChI is InChI=1S/C15H15BrN4O4S/c1-24-6-5-20-11(8-12(21)18-15(20)23)17-14(25)19-13(22)9-3-2-4-10(16)7-9/h2-4,7-8H,5-6H2,1H3,(H,18,21,23)(H2,17,19,22,25). The van der Waals surface area contributed by atoms with Gasteiger partial charge in [-0.15, -0.1) is 0 Å². The van der Waals surface area contributed by atoms with Gasteiger partial charge in [-0.3, -0.25) is 24.5 Å². The number of halogens is 1. The zero-order chi connectivity index (χ0) is 18.4. The molecule has 1 heterocycles. The van der Waals surface area contributed by atoms with Crippen LogP contribution in [0.3, 0.4) is 0 Å². The number of benzene rings is 1. The van der Waals surface area contributed by atoms with Crippen LogP contribution in [0.1, 0.15) is 10.4 Å². The second kappa shape index (κ2) is 8.70. The molecule has 1 aromatic heterocycles. The lowest BCUT2D eigenvalue weighted by atomic mass is 10.2. The van der Waals surface area contributed by atoms with Gasteiger partial charge in [-0.05, 0) is 30.4 Å². The van der Waals surface area contributed by atoms with Crippen LogP contribution in [0.4, 0.5) is 5.82 Å². The molecule has 0 aliphatic rings.